The molecule has 0 N–H and O–H groups in total. The van der Waals surface area contributed by atoms with E-state index in [2.05, 4.69) is 0 Å². The largest absolute Gasteiger partial charge is 0.445 e. The molecule has 23 heavy (non-hydrogen) atoms. The number of benzene rings is 1. The normalized spacial score (nSPS) is 16.0. The average Bonchev–Trinajstić information content (AvgIpc) is 2.92. The van der Waals surface area contributed by atoms with E-state index in [0.29, 0.717) is 24.7 Å². The molecule has 3 rings (SSSR count). The number of hydrogen-bond acceptors (Lipinski definition) is 5. The second-order valence-corrected chi connectivity index (χ2v) is 7.58. The first kappa shape index (κ1) is 15.6. The molecule has 1 aromatic heterocycles. The van der Waals surface area contributed by atoms with Crippen molar-refractivity contribution in [2.45, 2.75) is 11.8 Å². The molecule has 1 amide bonds. The molecule has 0 spiro atoms. The molecule has 7 heteroatoms. The van der Waals surface area contributed by atoms with E-state index in [1.807, 2.05) is 13.0 Å². The standard InChI is InChI=1S/C16H18N2O4S/c1-12-7-8-16(22-12)18-10-9-17(11-15(18)19)13-5-3-4-6-14(13)23(2,20)21/h3-8H,9-11H2,1-2H3. The van der Waals surface area contributed by atoms with Gasteiger partial charge >= 0.3 is 0 Å². The van der Waals surface area contributed by atoms with Crippen molar-refractivity contribution in [2.24, 2.45) is 0 Å². The van der Waals surface area contributed by atoms with Gasteiger partial charge in [-0.1, -0.05) is 12.1 Å². The van der Waals surface area contributed by atoms with Gasteiger partial charge in [-0.15, -0.1) is 0 Å². The molecular formula is C16H18N2O4S. The SMILES string of the molecule is Cc1ccc(N2CCN(c3ccccc3S(C)(=O)=O)CC2=O)o1. The van der Waals surface area contributed by atoms with Crippen molar-refractivity contribution in [3.8, 4) is 0 Å². The number of nitrogens with zero attached hydrogens (tertiary/aromatic N) is 2. The topological polar surface area (TPSA) is 70.8 Å². The van der Waals surface area contributed by atoms with Crippen molar-refractivity contribution in [2.75, 3.05) is 35.7 Å². The van der Waals surface area contributed by atoms with Crippen LogP contribution in [-0.2, 0) is 14.6 Å². The number of sulfone groups is 1. The van der Waals surface area contributed by atoms with Gasteiger partial charge in [0.1, 0.15) is 5.76 Å². The summed E-state index contributed by atoms with van der Waals surface area (Å²) in [6, 6.07) is 10.3. The highest BCUT2D eigenvalue weighted by Gasteiger charge is 2.29. The Morgan fingerprint density at radius 2 is 1.83 bits per heavy atom. The minimum Gasteiger partial charge on any atom is -0.445 e. The van der Waals surface area contributed by atoms with Crippen LogP contribution < -0.4 is 9.80 Å². The minimum atomic E-state index is -3.35. The van der Waals surface area contributed by atoms with Crippen molar-refractivity contribution in [1.82, 2.24) is 0 Å². The quantitative estimate of drug-likeness (QED) is 0.856. The first-order valence-corrected chi connectivity index (χ1v) is 9.16. The molecule has 1 fully saturated rings. The van der Waals surface area contributed by atoms with Crippen LogP contribution in [0.1, 0.15) is 5.76 Å². The molecule has 1 aromatic carbocycles. The Morgan fingerprint density at radius 3 is 2.43 bits per heavy atom. The summed E-state index contributed by atoms with van der Waals surface area (Å²) in [4.78, 5) is 16.1. The Bertz CT molecular complexity index is 841. The van der Waals surface area contributed by atoms with Gasteiger partial charge in [0.15, 0.2) is 9.84 Å². The third-order valence-corrected chi connectivity index (χ3v) is 4.96. The van der Waals surface area contributed by atoms with Crippen LogP contribution in [0.4, 0.5) is 11.6 Å². The van der Waals surface area contributed by atoms with Crippen molar-refractivity contribution in [1.29, 1.82) is 0 Å². The van der Waals surface area contributed by atoms with Crippen LogP contribution in [0.15, 0.2) is 45.7 Å². The van der Waals surface area contributed by atoms with E-state index in [0.717, 1.165) is 5.76 Å². The van der Waals surface area contributed by atoms with Crippen LogP contribution in [-0.4, -0.2) is 40.2 Å². The van der Waals surface area contributed by atoms with Gasteiger partial charge in [-0.3, -0.25) is 9.69 Å². The van der Waals surface area contributed by atoms with Crippen LogP contribution in [0, 0.1) is 6.92 Å². The van der Waals surface area contributed by atoms with Crippen molar-refractivity contribution >= 4 is 27.3 Å². The molecule has 1 saturated heterocycles. The number of furan rings is 1. The molecule has 122 valence electrons. The number of carbonyl (C=O) groups is 1. The first-order valence-electron chi connectivity index (χ1n) is 7.27. The Balaban J connectivity index is 1.85. The van der Waals surface area contributed by atoms with Crippen LogP contribution in [0.25, 0.3) is 0 Å². The van der Waals surface area contributed by atoms with Crippen LogP contribution in [0.5, 0.6) is 0 Å². The fourth-order valence-corrected chi connectivity index (χ4v) is 3.61. The Labute approximate surface area is 135 Å². The molecule has 0 bridgehead atoms. The summed E-state index contributed by atoms with van der Waals surface area (Å²) >= 11 is 0. The molecule has 0 radical (unpaired) electrons. The van der Waals surface area contributed by atoms with Crippen molar-refractivity contribution in [3.63, 3.8) is 0 Å². The van der Waals surface area contributed by atoms with Gasteiger partial charge in [0.05, 0.1) is 17.1 Å². The zero-order chi connectivity index (χ0) is 16.6. The summed E-state index contributed by atoms with van der Waals surface area (Å²) in [5.41, 5.74) is 0.568. The van der Waals surface area contributed by atoms with Gasteiger partial charge in [-0.25, -0.2) is 8.42 Å². The Hall–Kier alpha value is -2.28. The Kier molecular flexibility index (Phi) is 3.89. The monoisotopic (exact) mass is 334 g/mol. The average molecular weight is 334 g/mol. The molecule has 6 nitrogen and oxygen atoms in total. The zero-order valence-corrected chi connectivity index (χ0v) is 13.8. The molecule has 2 heterocycles. The summed E-state index contributed by atoms with van der Waals surface area (Å²) < 4.78 is 29.4. The molecule has 0 unspecified atom stereocenters. The van der Waals surface area contributed by atoms with Crippen molar-refractivity contribution in [3.05, 3.63) is 42.2 Å². The third-order valence-electron chi connectivity index (χ3n) is 3.82. The smallest absolute Gasteiger partial charge is 0.248 e. The lowest BCUT2D eigenvalue weighted by Gasteiger charge is -2.35. The second kappa shape index (κ2) is 5.73. The first-order chi connectivity index (χ1) is 10.9. The molecule has 0 saturated carbocycles. The predicted octanol–water partition coefficient (Wildman–Crippen LogP) is 1.84. The van der Waals surface area contributed by atoms with Gasteiger partial charge < -0.3 is 9.32 Å². The van der Waals surface area contributed by atoms with Gasteiger partial charge in [-0.05, 0) is 25.1 Å². The number of hydrogen-bond donors (Lipinski definition) is 0. The van der Waals surface area contributed by atoms with Crippen LogP contribution in [0.3, 0.4) is 0 Å². The summed E-state index contributed by atoms with van der Waals surface area (Å²) in [7, 11) is -3.35. The molecule has 2 aromatic rings. The lowest BCUT2D eigenvalue weighted by atomic mass is 10.2. The number of piperazine rings is 1. The van der Waals surface area contributed by atoms with Crippen LogP contribution >= 0.6 is 0 Å². The van der Waals surface area contributed by atoms with Gasteiger partial charge in [-0.2, -0.15) is 0 Å². The number of anilines is 2. The third kappa shape index (κ3) is 3.10. The van der Waals surface area contributed by atoms with Gasteiger partial charge in [0, 0.05) is 25.4 Å². The summed E-state index contributed by atoms with van der Waals surface area (Å²) in [5.74, 6) is 1.16. The number of aryl methyl sites for hydroxylation is 1. The number of amides is 1. The van der Waals surface area contributed by atoms with Crippen molar-refractivity contribution < 1.29 is 17.6 Å². The maximum absolute atomic E-state index is 12.4. The summed E-state index contributed by atoms with van der Waals surface area (Å²) in [6.45, 7) is 2.93. The predicted molar refractivity (Wildman–Crippen MR) is 87.6 cm³/mol. The fraction of sp³-hybridized carbons (Fsp3) is 0.312. The van der Waals surface area contributed by atoms with E-state index in [4.69, 9.17) is 4.42 Å². The molecule has 1 aliphatic rings. The molecule has 1 aliphatic heterocycles. The zero-order valence-electron chi connectivity index (χ0n) is 13.0. The van der Waals surface area contributed by atoms with E-state index in [1.165, 1.54) is 6.26 Å². The summed E-state index contributed by atoms with van der Waals surface area (Å²) in [5, 5.41) is 0. The van der Waals surface area contributed by atoms with Gasteiger partial charge in [0.25, 0.3) is 0 Å². The summed E-state index contributed by atoms with van der Waals surface area (Å²) in [6.07, 6.45) is 1.18. The molecular weight excluding hydrogens is 316 g/mol. The van der Waals surface area contributed by atoms with E-state index in [1.54, 1.807) is 40.1 Å². The second-order valence-electron chi connectivity index (χ2n) is 5.59. The van der Waals surface area contributed by atoms with E-state index < -0.39 is 9.84 Å². The highest BCUT2D eigenvalue weighted by Crippen LogP contribution is 2.28. The van der Waals surface area contributed by atoms with E-state index >= 15 is 0 Å². The number of rotatable bonds is 3. The molecule has 0 aliphatic carbocycles. The highest BCUT2D eigenvalue weighted by molar-refractivity contribution is 7.90. The van der Waals surface area contributed by atoms with Crippen LogP contribution in [0.2, 0.25) is 0 Å². The van der Waals surface area contributed by atoms with E-state index in [9.17, 15) is 13.2 Å². The maximum atomic E-state index is 12.4. The lowest BCUT2D eigenvalue weighted by molar-refractivity contribution is -0.118. The molecule has 0 atom stereocenters. The maximum Gasteiger partial charge on any atom is 0.248 e. The minimum absolute atomic E-state index is 0.117. The lowest BCUT2D eigenvalue weighted by Crippen LogP contribution is -2.50. The van der Waals surface area contributed by atoms with Gasteiger partial charge in [0.2, 0.25) is 11.8 Å². The number of carbonyl (C=O) groups excluding carboxylic acids is 1. The highest BCUT2D eigenvalue weighted by atomic mass is 32.2. The van der Waals surface area contributed by atoms with E-state index in [-0.39, 0.29) is 17.3 Å². The number of para-hydroxylation sites is 1. The Morgan fingerprint density at radius 1 is 1.09 bits per heavy atom. The fourth-order valence-electron chi connectivity index (χ4n) is 2.71.